The molecule has 0 aromatic carbocycles. The molecule has 2 fully saturated rings. The molecular weight excluding hydrogens is 192 g/mol. The summed E-state index contributed by atoms with van der Waals surface area (Å²) in [4.78, 5) is 13.6. The molecule has 2 aliphatic heterocycles. The number of likely N-dealkylation sites (tertiary alicyclic amines) is 1. The average molecular weight is 212 g/mol. The van der Waals surface area contributed by atoms with Gasteiger partial charge in [-0.25, -0.2) is 4.79 Å². The number of hydrogen-bond acceptors (Lipinski definition) is 3. The van der Waals surface area contributed by atoms with Crippen LogP contribution >= 0.6 is 0 Å². The molecule has 0 aromatic heterocycles. The maximum Gasteiger partial charge on any atom is 0.410 e. The van der Waals surface area contributed by atoms with Crippen molar-refractivity contribution in [3.8, 4) is 0 Å². The van der Waals surface area contributed by atoms with Crippen LogP contribution in [0.1, 0.15) is 27.2 Å². The van der Waals surface area contributed by atoms with Gasteiger partial charge in [0.25, 0.3) is 0 Å². The van der Waals surface area contributed by atoms with E-state index in [4.69, 9.17) is 4.74 Å². The van der Waals surface area contributed by atoms with E-state index in [9.17, 15) is 4.79 Å². The van der Waals surface area contributed by atoms with Crippen molar-refractivity contribution in [2.45, 2.75) is 38.8 Å². The molecule has 2 rings (SSSR count). The number of fused-ring (bicyclic) bond motifs is 1. The van der Waals surface area contributed by atoms with Crippen LogP contribution < -0.4 is 5.32 Å². The molecular formula is C11H20N2O2. The van der Waals surface area contributed by atoms with E-state index in [0.29, 0.717) is 12.0 Å². The van der Waals surface area contributed by atoms with E-state index in [-0.39, 0.29) is 11.7 Å². The molecule has 4 heteroatoms. The van der Waals surface area contributed by atoms with Gasteiger partial charge in [-0.1, -0.05) is 0 Å². The van der Waals surface area contributed by atoms with Crippen LogP contribution in [0.5, 0.6) is 0 Å². The summed E-state index contributed by atoms with van der Waals surface area (Å²) in [5.41, 5.74) is -0.387. The first-order chi connectivity index (χ1) is 6.96. The number of carbonyl (C=O) groups is 1. The van der Waals surface area contributed by atoms with Gasteiger partial charge in [0, 0.05) is 19.1 Å². The molecule has 0 aliphatic carbocycles. The minimum Gasteiger partial charge on any atom is -0.444 e. The van der Waals surface area contributed by atoms with Gasteiger partial charge in [0.05, 0.1) is 0 Å². The number of ether oxygens (including phenoxy) is 1. The summed E-state index contributed by atoms with van der Waals surface area (Å²) in [6, 6.07) is 0.498. The summed E-state index contributed by atoms with van der Waals surface area (Å²) in [5.74, 6) is 0.637. The molecule has 0 spiro atoms. The van der Waals surface area contributed by atoms with Crippen molar-refractivity contribution in [2.75, 3.05) is 19.6 Å². The maximum atomic E-state index is 11.8. The average Bonchev–Trinajstić information content (AvgIpc) is 2.56. The zero-order valence-corrected chi connectivity index (χ0v) is 9.75. The molecule has 2 aliphatic rings. The quantitative estimate of drug-likeness (QED) is 0.656. The molecule has 1 amide bonds. The van der Waals surface area contributed by atoms with Crippen LogP contribution in [0.4, 0.5) is 4.79 Å². The summed E-state index contributed by atoms with van der Waals surface area (Å²) in [7, 11) is 0. The summed E-state index contributed by atoms with van der Waals surface area (Å²) in [6.45, 7) is 8.46. The Bertz CT molecular complexity index is 248. The van der Waals surface area contributed by atoms with Gasteiger partial charge in [0.1, 0.15) is 5.60 Å². The molecule has 0 radical (unpaired) electrons. The first-order valence-electron chi connectivity index (χ1n) is 5.67. The Morgan fingerprint density at radius 1 is 1.40 bits per heavy atom. The smallest absolute Gasteiger partial charge is 0.410 e. The zero-order chi connectivity index (χ0) is 11.1. The van der Waals surface area contributed by atoms with Gasteiger partial charge < -0.3 is 15.0 Å². The molecule has 0 unspecified atom stereocenters. The number of amides is 1. The summed E-state index contributed by atoms with van der Waals surface area (Å²) >= 11 is 0. The van der Waals surface area contributed by atoms with Crippen molar-refractivity contribution in [1.82, 2.24) is 10.2 Å². The number of rotatable bonds is 0. The molecule has 2 atom stereocenters. The maximum absolute atomic E-state index is 11.8. The monoisotopic (exact) mass is 212 g/mol. The van der Waals surface area contributed by atoms with Gasteiger partial charge in [-0.05, 0) is 39.7 Å². The predicted octanol–water partition coefficient (Wildman–Crippen LogP) is 1.22. The van der Waals surface area contributed by atoms with Gasteiger partial charge in [0.2, 0.25) is 0 Å². The third kappa shape index (κ3) is 2.43. The minimum atomic E-state index is -0.387. The highest BCUT2D eigenvalue weighted by atomic mass is 16.6. The van der Waals surface area contributed by atoms with E-state index < -0.39 is 0 Å². The van der Waals surface area contributed by atoms with Gasteiger partial charge in [-0.15, -0.1) is 0 Å². The van der Waals surface area contributed by atoms with E-state index in [1.807, 2.05) is 25.7 Å². The van der Waals surface area contributed by atoms with Crippen LogP contribution in [0.25, 0.3) is 0 Å². The van der Waals surface area contributed by atoms with Crippen molar-refractivity contribution in [1.29, 1.82) is 0 Å². The molecule has 0 bridgehead atoms. The molecule has 0 aromatic rings. The summed E-state index contributed by atoms with van der Waals surface area (Å²) < 4.78 is 5.35. The van der Waals surface area contributed by atoms with Gasteiger partial charge in [-0.3, -0.25) is 0 Å². The molecule has 1 N–H and O–H groups in total. The topological polar surface area (TPSA) is 41.6 Å². The highest BCUT2D eigenvalue weighted by Gasteiger charge is 2.39. The van der Waals surface area contributed by atoms with Crippen molar-refractivity contribution in [3.05, 3.63) is 0 Å². The Morgan fingerprint density at radius 2 is 2.13 bits per heavy atom. The Balaban J connectivity index is 1.88. The molecule has 2 saturated heterocycles. The fourth-order valence-corrected chi connectivity index (χ4v) is 2.32. The molecule has 0 saturated carbocycles. The lowest BCUT2D eigenvalue weighted by Gasteiger charge is -2.24. The van der Waals surface area contributed by atoms with Gasteiger partial charge in [-0.2, -0.15) is 0 Å². The second-order valence-electron chi connectivity index (χ2n) is 5.49. The Kier molecular flexibility index (Phi) is 2.63. The van der Waals surface area contributed by atoms with Crippen molar-refractivity contribution in [2.24, 2.45) is 5.92 Å². The lowest BCUT2D eigenvalue weighted by atomic mass is 10.1. The Hall–Kier alpha value is -0.770. The largest absolute Gasteiger partial charge is 0.444 e. The normalized spacial score (nSPS) is 30.5. The number of nitrogens with zero attached hydrogens (tertiary/aromatic N) is 1. The van der Waals surface area contributed by atoms with E-state index >= 15 is 0 Å². The number of nitrogens with one attached hydrogen (secondary N) is 1. The molecule has 15 heavy (non-hydrogen) atoms. The highest BCUT2D eigenvalue weighted by Crippen LogP contribution is 2.25. The minimum absolute atomic E-state index is 0.168. The van der Waals surface area contributed by atoms with E-state index in [1.54, 1.807) is 0 Å². The summed E-state index contributed by atoms with van der Waals surface area (Å²) in [5, 5.41) is 3.42. The van der Waals surface area contributed by atoms with Crippen LogP contribution in [0, 0.1) is 5.92 Å². The third-order valence-corrected chi connectivity index (χ3v) is 3.01. The Labute approximate surface area is 91.0 Å². The first kappa shape index (κ1) is 10.7. The van der Waals surface area contributed by atoms with E-state index in [2.05, 4.69) is 5.32 Å². The molecule has 2 heterocycles. The molecule has 4 nitrogen and oxygen atoms in total. The van der Waals surface area contributed by atoms with Crippen molar-refractivity contribution in [3.63, 3.8) is 0 Å². The van der Waals surface area contributed by atoms with Crippen molar-refractivity contribution < 1.29 is 9.53 Å². The fourth-order valence-electron chi connectivity index (χ4n) is 2.32. The van der Waals surface area contributed by atoms with Crippen LogP contribution in [-0.2, 0) is 4.74 Å². The first-order valence-corrected chi connectivity index (χ1v) is 5.67. The zero-order valence-electron chi connectivity index (χ0n) is 9.75. The SMILES string of the molecule is CC(C)(C)OC(=O)N1C[C@H]2CCN[C@H]2C1. The fraction of sp³-hybridized carbons (Fsp3) is 0.909. The van der Waals surface area contributed by atoms with Crippen LogP contribution in [-0.4, -0.2) is 42.3 Å². The lowest BCUT2D eigenvalue weighted by molar-refractivity contribution is 0.0283. The predicted molar refractivity (Wildman–Crippen MR) is 57.7 cm³/mol. The summed E-state index contributed by atoms with van der Waals surface area (Å²) in [6.07, 6.45) is 1.02. The van der Waals surface area contributed by atoms with Crippen molar-refractivity contribution >= 4 is 6.09 Å². The standard InChI is InChI=1S/C11H20N2O2/c1-11(2,3)15-10(14)13-6-8-4-5-12-9(8)7-13/h8-9,12H,4-7H2,1-3H3/t8-,9+/m1/s1. The van der Waals surface area contributed by atoms with Crippen LogP contribution in [0.3, 0.4) is 0 Å². The van der Waals surface area contributed by atoms with Crippen LogP contribution in [0.2, 0.25) is 0 Å². The third-order valence-electron chi connectivity index (χ3n) is 3.01. The highest BCUT2D eigenvalue weighted by molar-refractivity contribution is 5.68. The number of carbonyl (C=O) groups excluding carboxylic acids is 1. The van der Waals surface area contributed by atoms with E-state index in [0.717, 1.165) is 19.6 Å². The lowest BCUT2D eigenvalue weighted by Crippen LogP contribution is -2.37. The van der Waals surface area contributed by atoms with E-state index in [1.165, 1.54) is 6.42 Å². The van der Waals surface area contributed by atoms with Crippen LogP contribution in [0.15, 0.2) is 0 Å². The molecule has 86 valence electrons. The Morgan fingerprint density at radius 3 is 2.73 bits per heavy atom. The second kappa shape index (κ2) is 3.67. The number of hydrogen-bond donors (Lipinski definition) is 1. The van der Waals surface area contributed by atoms with Gasteiger partial charge in [0.15, 0.2) is 0 Å². The van der Waals surface area contributed by atoms with Gasteiger partial charge >= 0.3 is 6.09 Å². The second-order valence-corrected chi connectivity index (χ2v) is 5.49.